The van der Waals surface area contributed by atoms with E-state index in [9.17, 15) is 9.59 Å². The molecule has 18 heavy (non-hydrogen) atoms. The van der Waals surface area contributed by atoms with Crippen LogP contribution < -0.4 is 5.32 Å². The Labute approximate surface area is 113 Å². The monoisotopic (exact) mass is 303 g/mol. The maximum Gasteiger partial charge on any atom is 0.296 e. The van der Waals surface area contributed by atoms with Crippen molar-refractivity contribution >= 4 is 33.3 Å². The molecule has 2 aromatic carbocycles. The van der Waals surface area contributed by atoms with Gasteiger partial charge in [0.05, 0.1) is 0 Å². The van der Waals surface area contributed by atoms with E-state index in [0.717, 1.165) is 4.47 Å². The molecule has 0 bridgehead atoms. The average molecular weight is 304 g/mol. The quantitative estimate of drug-likeness (QED) is 0.699. The van der Waals surface area contributed by atoms with Crippen molar-refractivity contribution in [3.63, 3.8) is 0 Å². The van der Waals surface area contributed by atoms with Gasteiger partial charge in [0, 0.05) is 15.7 Å². The smallest absolute Gasteiger partial charge is 0.296 e. The Kier molecular flexibility index (Phi) is 3.89. The van der Waals surface area contributed by atoms with Crippen LogP contribution in [0, 0.1) is 0 Å². The summed E-state index contributed by atoms with van der Waals surface area (Å²) in [6.07, 6.45) is 0. The summed E-state index contributed by atoms with van der Waals surface area (Å²) in [7, 11) is 0. The molecule has 0 aromatic heterocycles. The summed E-state index contributed by atoms with van der Waals surface area (Å²) in [4.78, 5) is 23.6. The number of anilines is 1. The Hall–Kier alpha value is -1.94. The van der Waals surface area contributed by atoms with E-state index < -0.39 is 11.7 Å². The summed E-state index contributed by atoms with van der Waals surface area (Å²) >= 11 is 3.27. The minimum Gasteiger partial charge on any atom is -0.319 e. The summed E-state index contributed by atoms with van der Waals surface area (Å²) in [5, 5.41) is 2.55. The van der Waals surface area contributed by atoms with Gasteiger partial charge in [-0.05, 0) is 36.4 Å². The van der Waals surface area contributed by atoms with Crippen LogP contribution >= 0.6 is 15.9 Å². The van der Waals surface area contributed by atoms with Crippen LogP contribution in [0.3, 0.4) is 0 Å². The van der Waals surface area contributed by atoms with E-state index in [1.165, 1.54) is 0 Å². The summed E-state index contributed by atoms with van der Waals surface area (Å²) in [5.41, 5.74) is 0.972. The third-order valence-electron chi connectivity index (χ3n) is 2.34. The Morgan fingerprint density at radius 1 is 0.889 bits per heavy atom. The number of halogens is 1. The molecule has 0 aliphatic rings. The van der Waals surface area contributed by atoms with Gasteiger partial charge in [0.15, 0.2) is 0 Å². The molecular formula is C14H10BrNO2. The van der Waals surface area contributed by atoms with Crippen LogP contribution in [0.4, 0.5) is 5.69 Å². The summed E-state index contributed by atoms with van der Waals surface area (Å²) < 4.78 is 0.863. The molecule has 0 aliphatic carbocycles. The molecule has 1 amide bonds. The van der Waals surface area contributed by atoms with Gasteiger partial charge in [0.1, 0.15) is 0 Å². The molecule has 0 spiro atoms. The summed E-state index contributed by atoms with van der Waals surface area (Å²) in [6.45, 7) is 0. The van der Waals surface area contributed by atoms with Crippen molar-refractivity contribution in [1.29, 1.82) is 0 Å². The minimum absolute atomic E-state index is 0.367. The predicted molar refractivity (Wildman–Crippen MR) is 73.5 cm³/mol. The van der Waals surface area contributed by atoms with Gasteiger partial charge in [-0.1, -0.05) is 34.1 Å². The van der Waals surface area contributed by atoms with Crippen LogP contribution in [-0.4, -0.2) is 11.7 Å². The lowest BCUT2D eigenvalue weighted by Crippen LogP contribution is -2.22. The van der Waals surface area contributed by atoms with E-state index in [2.05, 4.69) is 21.2 Å². The molecule has 0 saturated heterocycles. The molecule has 0 aliphatic heterocycles. The first-order chi connectivity index (χ1) is 8.66. The lowest BCUT2D eigenvalue weighted by atomic mass is 10.1. The van der Waals surface area contributed by atoms with Crippen LogP contribution in [0.15, 0.2) is 59.1 Å². The first kappa shape index (κ1) is 12.5. The number of para-hydroxylation sites is 1. The van der Waals surface area contributed by atoms with Gasteiger partial charge < -0.3 is 5.32 Å². The number of Topliss-reactive ketones (excluding diaryl/α,β-unsaturated/α-hetero) is 1. The van der Waals surface area contributed by atoms with Crippen molar-refractivity contribution in [1.82, 2.24) is 0 Å². The Morgan fingerprint density at radius 3 is 2.11 bits per heavy atom. The van der Waals surface area contributed by atoms with E-state index in [-0.39, 0.29) is 0 Å². The SMILES string of the molecule is O=C(Nc1ccccc1)C(=O)c1ccc(Br)cc1. The topological polar surface area (TPSA) is 46.2 Å². The molecule has 3 nitrogen and oxygen atoms in total. The first-order valence-corrected chi connectivity index (χ1v) is 6.12. The van der Waals surface area contributed by atoms with Gasteiger partial charge in [-0.25, -0.2) is 0 Å². The maximum atomic E-state index is 11.8. The van der Waals surface area contributed by atoms with Crippen molar-refractivity contribution in [2.75, 3.05) is 5.32 Å². The fourth-order valence-corrected chi connectivity index (χ4v) is 1.71. The van der Waals surface area contributed by atoms with Crippen LogP contribution in [-0.2, 0) is 4.79 Å². The Balaban J connectivity index is 2.10. The normalized spacial score (nSPS) is 9.83. The molecule has 2 aromatic rings. The standard InChI is InChI=1S/C14H10BrNO2/c15-11-8-6-10(7-9-11)13(17)14(18)16-12-4-2-1-3-5-12/h1-9H,(H,16,18). The second-order valence-corrected chi connectivity index (χ2v) is 4.57. The second kappa shape index (κ2) is 5.60. The van der Waals surface area contributed by atoms with E-state index in [1.807, 2.05) is 6.07 Å². The maximum absolute atomic E-state index is 11.8. The van der Waals surface area contributed by atoms with Crippen LogP contribution in [0.5, 0.6) is 0 Å². The molecular weight excluding hydrogens is 294 g/mol. The third-order valence-corrected chi connectivity index (χ3v) is 2.87. The summed E-state index contributed by atoms with van der Waals surface area (Å²) in [6, 6.07) is 15.5. The first-order valence-electron chi connectivity index (χ1n) is 5.33. The van der Waals surface area contributed by atoms with Gasteiger partial charge in [0.2, 0.25) is 0 Å². The molecule has 0 atom stereocenters. The number of benzene rings is 2. The zero-order valence-corrected chi connectivity index (χ0v) is 11.0. The number of ketones is 1. The highest BCUT2D eigenvalue weighted by molar-refractivity contribution is 9.10. The molecule has 0 unspecified atom stereocenters. The Bertz CT molecular complexity index is 564. The van der Waals surface area contributed by atoms with Crippen LogP contribution in [0.1, 0.15) is 10.4 Å². The van der Waals surface area contributed by atoms with Gasteiger partial charge in [-0.15, -0.1) is 0 Å². The largest absolute Gasteiger partial charge is 0.319 e. The molecule has 4 heteroatoms. The van der Waals surface area contributed by atoms with Crippen molar-refractivity contribution in [3.05, 3.63) is 64.6 Å². The second-order valence-electron chi connectivity index (χ2n) is 3.66. The van der Waals surface area contributed by atoms with E-state index in [1.54, 1.807) is 48.5 Å². The van der Waals surface area contributed by atoms with Gasteiger partial charge in [-0.2, -0.15) is 0 Å². The third kappa shape index (κ3) is 3.05. The van der Waals surface area contributed by atoms with Gasteiger partial charge >= 0.3 is 0 Å². The lowest BCUT2D eigenvalue weighted by molar-refractivity contribution is -0.112. The molecule has 0 saturated carbocycles. The molecule has 2 rings (SSSR count). The number of hydrogen-bond acceptors (Lipinski definition) is 2. The van der Waals surface area contributed by atoms with Crippen molar-refractivity contribution in [3.8, 4) is 0 Å². The zero-order valence-electron chi connectivity index (χ0n) is 9.39. The van der Waals surface area contributed by atoms with E-state index >= 15 is 0 Å². The fraction of sp³-hybridized carbons (Fsp3) is 0. The average Bonchev–Trinajstić information content (AvgIpc) is 2.40. The minimum atomic E-state index is -0.636. The van der Waals surface area contributed by atoms with Gasteiger partial charge in [0.25, 0.3) is 11.7 Å². The Morgan fingerprint density at radius 2 is 1.50 bits per heavy atom. The molecule has 1 N–H and O–H groups in total. The van der Waals surface area contributed by atoms with Crippen LogP contribution in [0.25, 0.3) is 0 Å². The molecule has 0 radical (unpaired) electrons. The lowest BCUT2D eigenvalue weighted by Gasteiger charge is -2.04. The van der Waals surface area contributed by atoms with Crippen molar-refractivity contribution < 1.29 is 9.59 Å². The highest BCUT2D eigenvalue weighted by atomic mass is 79.9. The number of amides is 1. The van der Waals surface area contributed by atoms with Crippen molar-refractivity contribution in [2.24, 2.45) is 0 Å². The van der Waals surface area contributed by atoms with E-state index in [0.29, 0.717) is 11.3 Å². The number of hydrogen-bond donors (Lipinski definition) is 1. The van der Waals surface area contributed by atoms with Gasteiger partial charge in [-0.3, -0.25) is 9.59 Å². The predicted octanol–water partition coefficient (Wildman–Crippen LogP) is 3.27. The number of rotatable bonds is 3. The van der Waals surface area contributed by atoms with E-state index in [4.69, 9.17) is 0 Å². The molecule has 90 valence electrons. The number of carbonyl (C=O) groups is 2. The molecule has 0 fully saturated rings. The highest BCUT2D eigenvalue weighted by Gasteiger charge is 2.15. The summed E-state index contributed by atoms with van der Waals surface area (Å²) in [5.74, 6) is -1.19. The fourth-order valence-electron chi connectivity index (χ4n) is 1.44. The number of carbonyl (C=O) groups excluding carboxylic acids is 2. The van der Waals surface area contributed by atoms with Crippen LogP contribution in [0.2, 0.25) is 0 Å². The number of nitrogens with one attached hydrogen (secondary N) is 1. The van der Waals surface area contributed by atoms with Crippen molar-refractivity contribution in [2.45, 2.75) is 0 Å². The zero-order chi connectivity index (χ0) is 13.0. The highest BCUT2D eigenvalue weighted by Crippen LogP contribution is 2.12. The molecule has 0 heterocycles.